The molecular weight excluding hydrogens is 202 g/mol. The maximum Gasteiger partial charge on any atom is 0.328 e. The van der Waals surface area contributed by atoms with Gasteiger partial charge in [0, 0.05) is 25.0 Å². The Kier molecular flexibility index (Phi) is 3.49. The third-order valence-electron chi connectivity index (χ3n) is 3.07. The zero-order valence-electron chi connectivity index (χ0n) is 10.1. The van der Waals surface area contributed by atoms with Crippen LogP contribution < -0.4 is 11.0 Å². The van der Waals surface area contributed by atoms with Gasteiger partial charge in [-0.25, -0.2) is 4.79 Å². The summed E-state index contributed by atoms with van der Waals surface area (Å²) in [7, 11) is 0. The van der Waals surface area contributed by atoms with Crippen LogP contribution in [-0.4, -0.2) is 22.2 Å². The number of imidazole rings is 1. The van der Waals surface area contributed by atoms with Gasteiger partial charge in [-0.15, -0.1) is 0 Å². The Morgan fingerprint density at radius 2 is 2.25 bits per heavy atom. The Morgan fingerprint density at radius 3 is 2.88 bits per heavy atom. The van der Waals surface area contributed by atoms with E-state index in [4.69, 9.17) is 0 Å². The molecule has 4 heteroatoms. The van der Waals surface area contributed by atoms with Crippen molar-refractivity contribution < 1.29 is 0 Å². The maximum absolute atomic E-state index is 12.0. The van der Waals surface area contributed by atoms with Gasteiger partial charge in [-0.05, 0) is 31.8 Å². The standard InChI is InChI=1S/C12H21N3O/c1-3-13-8-10(2)9-14-6-7-15(12(14)16)11-4-5-11/h6-7,10-11,13H,3-5,8-9H2,1-2H3. The largest absolute Gasteiger partial charge is 0.328 e. The van der Waals surface area contributed by atoms with Gasteiger partial charge in [0.1, 0.15) is 0 Å². The fourth-order valence-electron chi connectivity index (χ4n) is 1.99. The van der Waals surface area contributed by atoms with Crippen molar-refractivity contribution in [2.24, 2.45) is 5.92 Å². The predicted molar refractivity (Wildman–Crippen MR) is 64.7 cm³/mol. The van der Waals surface area contributed by atoms with Crippen LogP contribution in [0.2, 0.25) is 0 Å². The van der Waals surface area contributed by atoms with E-state index >= 15 is 0 Å². The highest BCUT2D eigenvalue weighted by molar-refractivity contribution is 4.91. The highest BCUT2D eigenvalue weighted by Crippen LogP contribution is 2.33. The molecule has 2 rings (SSSR count). The number of nitrogens with zero attached hydrogens (tertiary/aromatic N) is 2. The molecule has 1 fully saturated rings. The minimum absolute atomic E-state index is 0.158. The van der Waals surface area contributed by atoms with Gasteiger partial charge in [0.15, 0.2) is 0 Å². The highest BCUT2D eigenvalue weighted by atomic mass is 16.1. The smallest absolute Gasteiger partial charge is 0.317 e. The molecule has 0 radical (unpaired) electrons. The minimum Gasteiger partial charge on any atom is -0.317 e. The molecule has 0 aliphatic heterocycles. The molecule has 1 aliphatic carbocycles. The molecule has 1 aromatic rings. The van der Waals surface area contributed by atoms with Crippen LogP contribution in [0.1, 0.15) is 32.7 Å². The topological polar surface area (TPSA) is 39.0 Å². The fourth-order valence-corrected chi connectivity index (χ4v) is 1.99. The first-order valence-corrected chi connectivity index (χ1v) is 6.20. The second-order valence-corrected chi connectivity index (χ2v) is 4.78. The van der Waals surface area contributed by atoms with E-state index in [1.807, 2.05) is 21.5 Å². The Labute approximate surface area is 96.3 Å². The van der Waals surface area contributed by atoms with Crippen molar-refractivity contribution in [2.45, 2.75) is 39.3 Å². The van der Waals surface area contributed by atoms with Gasteiger partial charge in [-0.3, -0.25) is 9.13 Å². The Balaban J connectivity index is 1.96. The van der Waals surface area contributed by atoms with Crippen molar-refractivity contribution >= 4 is 0 Å². The lowest BCUT2D eigenvalue weighted by atomic mass is 10.2. The molecule has 1 N–H and O–H groups in total. The molecule has 0 aromatic carbocycles. The van der Waals surface area contributed by atoms with Gasteiger partial charge in [-0.2, -0.15) is 0 Å². The molecule has 1 saturated carbocycles. The monoisotopic (exact) mass is 223 g/mol. The first kappa shape index (κ1) is 11.5. The lowest BCUT2D eigenvalue weighted by molar-refractivity contribution is 0.440. The Morgan fingerprint density at radius 1 is 1.50 bits per heavy atom. The molecule has 1 heterocycles. The van der Waals surface area contributed by atoms with E-state index in [1.54, 1.807) is 0 Å². The minimum atomic E-state index is 0.158. The van der Waals surface area contributed by atoms with Gasteiger partial charge in [0.2, 0.25) is 0 Å². The molecule has 16 heavy (non-hydrogen) atoms. The molecule has 0 bridgehead atoms. The van der Waals surface area contributed by atoms with E-state index in [0.717, 1.165) is 32.5 Å². The average Bonchev–Trinajstić information content (AvgIpc) is 3.04. The summed E-state index contributed by atoms with van der Waals surface area (Å²) in [6.07, 6.45) is 6.18. The van der Waals surface area contributed by atoms with Crippen molar-refractivity contribution in [3.05, 3.63) is 22.9 Å². The third-order valence-corrected chi connectivity index (χ3v) is 3.07. The fraction of sp³-hybridized carbons (Fsp3) is 0.750. The predicted octanol–water partition coefficient (Wildman–Crippen LogP) is 1.23. The number of aromatic nitrogens is 2. The number of rotatable bonds is 6. The van der Waals surface area contributed by atoms with Crippen LogP contribution in [0.5, 0.6) is 0 Å². The lowest BCUT2D eigenvalue weighted by Crippen LogP contribution is -2.29. The summed E-state index contributed by atoms with van der Waals surface area (Å²) < 4.78 is 3.71. The molecule has 1 atom stereocenters. The van der Waals surface area contributed by atoms with Crippen LogP contribution in [0.15, 0.2) is 17.2 Å². The van der Waals surface area contributed by atoms with E-state index in [2.05, 4.69) is 19.2 Å². The van der Waals surface area contributed by atoms with Crippen LogP contribution in [0.3, 0.4) is 0 Å². The molecule has 1 aromatic heterocycles. The molecule has 1 aliphatic rings. The summed E-state index contributed by atoms with van der Waals surface area (Å²) in [5, 5.41) is 3.31. The normalized spacial score (nSPS) is 17.6. The zero-order chi connectivity index (χ0) is 11.5. The van der Waals surface area contributed by atoms with Gasteiger partial charge >= 0.3 is 5.69 Å². The third kappa shape index (κ3) is 2.55. The summed E-state index contributed by atoms with van der Waals surface area (Å²) in [5.74, 6) is 0.493. The molecule has 4 nitrogen and oxygen atoms in total. The van der Waals surface area contributed by atoms with Gasteiger partial charge in [0.05, 0.1) is 0 Å². The van der Waals surface area contributed by atoms with Crippen molar-refractivity contribution in [3.8, 4) is 0 Å². The van der Waals surface area contributed by atoms with Gasteiger partial charge in [0.25, 0.3) is 0 Å². The molecule has 1 unspecified atom stereocenters. The summed E-state index contributed by atoms with van der Waals surface area (Å²) in [6.45, 7) is 7.04. The van der Waals surface area contributed by atoms with E-state index in [1.165, 1.54) is 0 Å². The first-order valence-electron chi connectivity index (χ1n) is 6.20. The zero-order valence-corrected chi connectivity index (χ0v) is 10.1. The molecular formula is C12H21N3O. The maximum atomic E-state index is 12.0. The van der Waals surface area contributed by atoms with Crippen molar-refractivity contribution in [3.63, 3.8) is 0 Å². The highest BCUT2D eigenvalue weighted by Gasteiger charge is 2.25. The van der Waals surface area contributed by atoms with Crippen LogP contribution in [0.25, 0.3) is 0 Å². The van der Waals surface area contributed by atoms with Crippen LogP contribution in [0, 0.1) is 5.92 Å². The van der Waals surface area contributed by atoms with E-state index in [9.17, 15) is 4.79 Å². The second kappa shape index (κ2) is 4.87. The SMILES string of the molecule is CCNCC(C)Cn1ccn(C2CC2)c1=O. The molecule has 0 spiro atoms. The van der Waals surface area contributed by atoms with Crippen LogP contribution in [-0.2, 0) is 6.54 Å². The lowest BCUT2D eigenvalue weighted by Gasteiger charge is -2.11. The summed E-state index contributed by atoms with van der Waals surface area (Å²) in [6, 6.07) is 0.484. The van der Waals surface area contributed by atoms with Crippen molar-refractivity contribution in [1.29, 1.82) is 0 Å². The van der Waals surface area contributed by atoms with Crippen LogP contribution >= 0.6 is 0 Å². The van der Waals surface area contributed by atoms with E-state index < -0.39 is 0 Å². The molecule has 90 valence electrons. The summed E-state index contributed by atoms with van der Waals surface area (Å²) in [5.41, 5.74) is 0.158. The van der Waals surface area contributed by atoms with Crippen molar-refractivity contribution in [1.82, 2.24) is 14.5 Å². The second-order valence-electron chi connectivity index (χ2n) is 4.78. The number of hydrogen-bond acceptors (Lipinski definition) is 2. The summed E-state index contributed by atoms with van der Waals surface area (Å²) in [4.78, 5) is 12.0. The number of hydrogen-bond donors (Lipinski definition) is 1. The molecule has 0 saturated heterocycles. The Bertz CT molecular complexity index is 389. The first-order chi connectivity index (χ1) is 7.72. The summed E-state index contributed by atoms with van der Waals surface area (Å²) >= 11 is 0. The van der Waals surface area contributed by atoms with E-state index in [-0.39, 0.29) is 5.69 Å². The Hall–Kier alpha value is -1.03. The van der Waals surface area contributed by atoms with Crippen LogP contribution in [0.4, 0.5) is 0 Å². The van der Waals surface area contributed by atoms with E-state index in [0.29, 0.717) is 12.0 Å². The quantitative estimate of drug-likeness (QED) is 0.788. The average molecular weight is 223 g/mol. The molecule has 0 amide bonds. The number of nitrogens with one attached hydrogen (secondary N) is 1. The van der Waals surface area contributed by atoms with Gasteiger partial charge < -0.3 is 5.32 Å². The van der Waals surface area contributed by atoms with Gasteiger partial charge in [-0.1, -0.05) is 13.8 Å². The van der Waals surface area contributed by atoms with Crippen molar-refractivity contribution in [2.75, 3.05) is 13.1 Å².